The molecule has 4 aliphatic carbocycles. The van der Waals surface area contributed by atoms with Crippen LogP contribution in [-0.4, -0.2) is 40.4 Å². The van der Waals surface area contributed by atoms with E-state index in [9.17, 15) is 10.2 Å². The Kier molecular flexibility index (Phi) is 4.87. The molecule has 2 spiro atoms. The molecule has 2 N–H and O–H groups in total. The highest BCUT2D eigenvalue weighted by atomic mass is 16.7. The van der Waals surface area contributed by atoms with Crippen molar-refractivity contribution in [3.05, 3.63) is 11.6 Å². The first kappa shape index (κ1) is 23.9. The van der Waals surface area contributed by atoms with Crippen molar-refractivity contribution in [3.8, 4) is 0 Å². The van der Waals surface area contributed by atoms with Crippen molar-refractivity contribution in [1.29, 1.82) is 0 Å². The molecule has 34 heavy (non-hydrogen) atoms. The van der Waals surface area contributed by atoms with E-state index in [1.54, 1.807) is 0 Å². The highest BCUT2D eigenvalue weighted by Crippen LogP contribution is 2.80. The fourth-order valence-corrected chi connectivity index (χ4v) is 11.6. The van der Waals surface area contributed by atoms with Gasteiger partial charge in [0.2, 0.25) is 0 Å². The number of aliphatic hydroxyl groups is 2. The van der Waals surface area contributed by atoms with Crippen LogP contribution in [0.25, 0.3) is 0 Å². The van der Waals surface area contributed by atoms with Crippen LogP contribution in [-0.2, 0) is 9.47 Å². The molecule has 6 fully saturated rings. The predicted molar refractivity (Wildman–Crippen MR) is 133 cm³/mol. The lowest BCUT2D eigenvalue weighted by Gasteiger charge is -2.70. The summed E-state index contributed by atoms with van der Waals surface area (Å²) in [5.41, 5.74) is 0.962. The number of aliphatic hydroxyl groups excluding tert-OH is 1. The SMILES string of the molecule is CC(C)=C[C@@H]1C[C@](C)(O)[C@@H]2[C@H]3CC[C@@H]4[C@@]5(C)CC[C@H](O)C(C)(C)[C@H]5CC[C@@]4(C)[C@@]34CO[C@@]2(C4)O1. The second-order valence-electron chi connectivity index (χ2n) is 15.0. The fourth-order valence-electron chi connectivity index (χ4n) is 11.6. The maximum Gasteiger partial charge on any atom is 0.175 e. The van der Waals surface area contributed by atoms with Crippen molar-refractivity contribution in [2.75, 3.05) is 6.61 Å². The van der Waals surface area contributed by atoms with Gasteiger partial charge in [0.1, 0.15) is 0 Å². The van der Waals surface area contributed by atoms with E-state index in [1.165, 1.54) is 31.3 Å². The third-order valence-corrected chi connectivity index (χ3v) is 12.8. The number of ether oxygens (including phenoxy) is 2. The fraction of sp³-hybridized carbons (Fsp3) is 0.933. The number of allylic oxidation sites excluding steroid dienone is 1. The van der Waals surface area contributed by atoms with Gasteiger partial charge in [-0.2, -0.15) is 0 Å². The summed E-state index contributed by atoms with van der Waals surface area (Å²) in [6.07, 6.45) is 10.4. The van der Waals surface area contributed by atoms with Gasteiger partial charge in [-0.05, 0) is 93.3 Å². The van der Waals surface area contributed by atoms with Gasteiger partial charge in [-0.1, -0.05) is 39.3 Å². The average molecular weight is 473 g/mol. The summed E-state index contributed by atoms with van der Waals surface area (Å²) in [5, 5.41) is 22.8. The van der Waals surface area contributed by atoms with Crippen LogP contribution in [0.5, 0.6) is 0 Å². The molecule has 4 heteroatoms. The molecule has 0 unspecified atom stereocenters. The van der Waals surface area contributed by atoms with E-state index in [0.717, 1.165) is 25.9 Å². The molecule has 0 aromatic carbocycles. The van der Waals surface area contributed by atoms with Gasteiger partial charge in [0.15, 0.2) is 5.79 Å². The van der Waals surface area contributed by atoms with Crippen LogP contribution in [0.15, 0.2) is 11.6 Å². The summed E-state index contributed by atoms with van der Waals surface area (Å²) in [4.78, 5) is 0. The number of hydrogen-bond acceptors (Lipinski definition) is 4. The van der Waals surface area contributed by atoms with Gasteiger partial charge in [0, 0.05) is 24.2 Å². The Balaban J connectivity index is 1.41. The summed E-state index contributed by atoms with van der Waals surface area (Å²) in [7, 11) is 0. The minimum atomic E-state index is -0.775. The summed E-state index contributed by atoms with van der Waals surface area (Å²) >= 11 is 0. The van der Waals surface area contributed by atoms with E-state index in [2.05, 4.69) is 54.5 Å². The third-order valence-electron chi connectivity index (χ3n) is 12.8. The third kappa shape index (κ3) is 2.70. The number of fused-ring (bicyclic) bond motifs is 4. The quantitative estimate of drug-likeness (QED) is 0.470. The Hall–Kier alpha value is -0.420. The van der Waals surface area contributed by atoms with Gasteiger partial charge >= 0.3 is 0 Å². The van der Waals surface area contributed by atoms with Crippen molar-refractivity contribution in [2.24, 2.45) is 45.3 Å². The molecule has 6 rings (SSSR count). The monoisotopic (exact) mass is 472 g/mol. The van der Waals surface area contributed by atoms with E-state index in [0.29, 0.717) is 24.2 Å². The topological polar surface area (TPSA) is 58.9 Å². The molecule has 2 bridgehead atoms. The lowest BCUT2D eigenvalue weighted by molar-refractivity contribution is -0.340. The Labute approximate surface area is 206 Å². The van der Waals surface area contributed by atoms with Gasteiger partial charge in [-0.3, -0.25) is 0 Å². The van der Waals surface area contributed by atoms with Crippen LogP contribution >= 0.6 is 0 Å². The molecule has 11 atom stereocenters. The predicted octanol–water partition coefficient (Wildman–Crippen LogP) is 5.86. The van der Waals surface area contributed by atoms with Crippen molar-refractivity contribution < 1.29 is 19.7 Å². The van der Waals surface area contributed by atoms with Crippen molar-refractivity contribution in [2.45, 2.75) is 123 Å². The Morgan fingerprint density at radius 3 is 2.38 bits per heavy atom. The lowest BCUT2D eigenvalue weighted by Crippen LogP contribution is -2.67. The van der Waals surface area contributed by atoms with Crippen molar-refractivity contribution in [1.82, 2.24) is 0 Å². The summed E-state index contributed by atoms with van der Waals surface area (Å²) < 4.78 is 13.6. The van der Waals surface area contributed by atoms with Crippen LogP contribution in [0, 0.1) is 45.3 Å². The second-order valence-corrected chi connectivity index (χ2v) is 15.0. The van der Waals surface area contributed by atoms with Gasteiger partial charge in [0.05, 0.1) is 24.4 Å². The first-order chi connectivity index (χ1) is 15.7. The van der Waals surface area contributed by atoms with Crippen LogP contribution in [0.1, 0.15) is 99.8 Å². The molecule has 2 heterocycles. The zero-order valence-corrected chi connectivity index (χ0v) is 22.6. The standard InChI is InChI=1S/C30H48O4/c1-18(2)14-19-15-28(7,32)24-20-8-9-22-26(5)12-11-23(31)25(3,4)21(26)10-13-27(22,6)29(20)16-30(24,34-19)33-17-29/h14,19-24,31-32H,8-13,15-17H2,1-7H3/t19-,20-,21-,22-,23+,24+,26+,27-,28+,29+,30+/m1/s1. The minimum absolute atomic E-state index is 0.0236. The summed E-state index contributed by atoms with van der Waals surface area (Å²) in [6, 6.07) is 0. The molecule has 0 aromatic heterocycles. The molecular formula is C30H48O4. The molecular weight excluding hydrogens is 424 g/mol. The number of hydrogen-bond donors (Lipinski definition) is 2. The molecule has 2 aliphatic heterocycles. The number of rotatable bonds is 1. The normalized spacial score (nSPS) is 59.4. The largest absolute Gasteiger partial charge is 0.393 e. The molecule has 4 nitrogen and oxygen atoms in total. The Morgan fingerprint density at radius 2 is 1.68 bits per heavy atom. The molecule has 192 valence electrons. The van der Waals surface area contributed by atoms with Crippen LogP contribution in [0.3, 0.4) is 0 Å². The van der Waals surface area contributed by atoms with E-state index < -0.39 is 11.4 Å². The van der Waals surface area contributed by atoms with Crippen LogP contribution in [0.2, 0.25) is 0 Å². The molecule has 2 saturated heterocycles. The maximum absolute atomic E-state index is 11.9. The lowest BCUT2D eigenvalue weighted by atomic mass is 9.35. The minimum Gasteiger partial charge on any atom is -0.393 e. The average Bonchev–Trinajstić information content (AvgIpc) is 3.22. The second kappa shape index (κ2) is 6.91. The van der Waals surface area contributed by atoms with Gasteiger partial charge in [-0.25, -0.2) is 0 Å². The molecule has 0 amide bonds. The first-order valence-electron chi connectivity index (χ1n) is 14.1. The van der Waals surface area contributed by atoms with Crippen LogP contribution in [0.4, 0.5) is 0 Å². The highest BCUT2D eigenvalue weighted by molar-refractivity contribution is 5.26. The molecule has 4 saturated carbocycles. The maximum atomic E-state index is 11.9. The van der Waals surface area contributed by atoms with Crippen molar-refractivity contribution >= 4 is 0 Å². The Morgan fingerprint density at radius 1 is 0.941 bits per heavy atom. The molecule has 0 aromatic rings. The van der Waals surface area contributed by atoms with E-state index in [1.807, 2.05) is 0 Å². The molecule has 6 aliphatic rings. The van der Waals surface area contributed by atoms with Gasteiger partial charge in [0.25, 0.3) is 0 Å². The van der Waals surface area contributed by atoms with Crippen molar-refractivity contribution in [3.63, 3.8) is 0 Å². The Bertz CT molecular complexity index is 903. The van der Waals surface area contributed by atoms with Crippen LogP contribution < -0.4 is 0 Å². The van der Waals surface area contributed by atoms with E-state index >= 15 is 0 Å². The van der Waals surface area contributed by atoms with E-state index in [-0.39, 0.29) is 39.8 Å². The summed E-state index contributed by atoms with van der Waals surface area (Å²) in [5.74, 6) is 1.09. The first-order valence-corrected chi connectivity index (χ1v) is 14.1. The summed E-state index contributed by atoms with van der Waals surface area (Å²) in [6.45, 7) is 16.9. The van der Waals surface area contributed by atoms with E-state index in [4.69, 9.17) is 9.47 Å². The zero-order chi connectivity index (χ0) is 24.5. The zero-order valence-electron chi connectivity index (χ0n) is 22.6. The smallest absolute Gasteiger partial charge is 0.175 e. The molecule has 0 radical (unpaired) electrons. The van der Waals surface area contributed by atoms with Gasteiger partial charge in [-0.15, -0.1) is 0 Å². The highest BCUT2D eigenvalue weighted by Gasteiger charge is 2.80. The van der Waals surface area contributed by atoms with Gasteiger partial charge < -0.3 is 19.7 Å².